The van der Waals surface area contributed by atoms with Gasteiger partial charge in [0, 0.05) is 19.1 Å². The summed E-state index contributed by atoms with van der Waals surface area (Å²) in [7, 11) is 0. The van der Waals surface area contributed by atoms with Crippen molar-refractivity contribution in [3.05, 3.63) is 23.7 Å². The number of hydrogen-bond donors (Lipinski definition) is 3. The van der Waals surface area contributed by atoms with Gasteiger partial charge >= 0.3 is 0 Å². The number of furan rings is 1. The molecule has 17 heavy (non-hydrogen) atoms. The van der Waals surface area contributed by atoms with E-state index in [1.165, 1.54) is 0 Å². The summed E-state index contributed by atoms with van der Waals surface area (Å²) in [6.07, 6.45) is -1.40. The average Bonchev–Trinajstić information content (AvgIpc) is 2.76. The summed E-state index contributed by atoms with van der Waals surface area (Å²) < 4.78 is 5.60. The van der Waals surface area contributed by atoms with E-state index in [0.717, 1.165) is 11.5 Å². The summed E-state index contributed by atoms with van der Waals surface area (Å²) in [6.45, 7) is 4.63. The molecule has 0 radical (unpaired) electrons. The van der Waals surface area contributed by atoms with E-state index >= 15 is 0 Å². The Labute approximate surface area is 101 Å². The quantitative estimate of drug-likeness (QED) is 0.693. The Bertz CT molecular complexity index is 368. The van der Waals surface area contributed by atoms with Crippen LogP contribution in [-0.4, -0.2) is 46.5 Å². The SMILES string of the molecule is Cc1ccc(C(C(C)N)N2CC(O)C(O)C2)o1. The minimum absolute atomic E-state index is 0.101. The standard InChI is InChI=1S/C12H20N2O3/c1-7-3-4-11(17-7)12(8(2)13)14-5-9(15)10(16)6-14/h3-4,8-10,12,15-16H,5-6,13H2,1-2H3. The summed E-state index contributed by atoms with van der Waals surface area (Å²) in [5, 5.41) is 19.2. The molecule has 5 nitrogen and oxygen atoms in total. The molecule has 1 aromatic heterocycles. The van der Waals surface area contributed by atoms with Gasteiger partial charge in [0.05, 0.1) is 18.2 Å². The molecule has 1 aliphatic heterocycles. The van der Waals surface area contributed by atoms with Gasteiger partial charge in [-0.2, -0.15) is 0 Å². The van der Waals surface area contributed by atoms with Crippen LogP contribution in [0.3, 0.4) is 0 Å². The van der Waals surface area contributed by atoms with Crippen LogP contribution in [0.4, 0.5) is 0 Å². The maximum atomic E-state index is 9.59. The van der Waals surface area contributed by atoms with Gasteiger partial charge in [-0.3, -0.25) is 4.90 Å². The second kappa shape index (κ2) is 4.78. The van der Waals surface area contributed by atoms with Crippen molar-refractivity contribution in [1.29, 1.82) is 0 Å². The van der Waals surface area contributed by atoms with Crippen molar-refractivity contribution in [2.75, 3.05) is 13.1 Å². The molecule has 1 aromatic rings. The summed E-state index contributed by atoms with van der Waals surface area (Å²) >= 11 is 0. The fourth-order valence-corrected chi connectivity index (χ4v) is 2.41. The third-order valence-electron chi connectivity index (χ3n) is 3.23. The first-order valence-electron chi connectivity index (χ1n) is 5.91. The van der Waals surface area contributed by atoms with E-state index in [2.05, 4.69) is 0 Å². The van der Waals surface area contributed by atoms with E-state index in [4.69, 9.17) is 10.2 Å². The zero-order valence-electron chi connectivity index (χ0n) is 10.2. The highest BCUT2D eigenvalue weighted by Gasteiger charge is 2.37. The first-order chi connectivity index (χ1) is 7.99. The highest BCUT2D eigenvalue weighted by Crippen LogP contribution is 2.28. The van der Waals surface area contributed by atoms with Crippen molar-refractivity contribution < 1.29 is 14.6 Å². The van der Waals surface area contributed by atoms with Crippen LogP contribution in [0.15, 0.2) is 16.5 Å². The molecule has 4 N–H and O–H groups in total. The molecule has 4 atom stereocenters. The molecule has 1 aliphatic rings. The predicted molar refractivity (Wildman–Crippen MR) is 63.4 cm³/mol. The predicted octanol–water partition coefficient (Wildman–Crippen LogP) is 0.0137. The lowest BCUT2D eigenvalue weighted by molar-refractivity contribution is 0.0572. The molecule has 0 amide bonds. The lowest BCUT2D eigenvalue weighted by Crippen LogP contribution is -2.38. The first kappa shape index (κ1) is 12.6. The van der Waals surface area contributed by atoms with E-state index in [1.54, 1.807) is 0 Å². The van der Waals surface area contributed by atoms with E-state index < -0.39 is 12.2 Å². The van der Waals surface area contributed by atoms with Crippen molar-refractivity contribution in [3.63, 3.8) is 0 Å². The van der Waals surface area contributed by atoms with Crippen molar-refractivity contribution in [2.24, 2.45) is 5.73 Å². The summed E-state index contributed by atoms with van der Waals surface area (Å²) in [5.74, 6) is 1.63. The Morgan fingerprint density at radius 2 is 1.94 bits per heavy atom. The molecule has 0 saturated carbocycles. The minimum atomic E-state index is -0.702. The van der Waals surface area contributed by atoms with Gasteiger partial charge in [0.2, 0.25) is 0 Å². The number of hydrogen-bond acceptors (Lipinski definition) is 5. The molecule has 2 heterocycles. The van der Waals surface area contributed by atoms with Gasteiger partial charge in [-0.25, -0.2) is 0 Å². The zero-order valence-corrected chi connectivity index (χ0v) is 10.2. The largest absolute Gasteiger partial charge is 0.465 e. The monoisotopic (exact) mass is 240 g/mol. The molecule has 4 unspecified atom stereocenters. The maximum Gasteiger partial charge on any atom is 0.122 e. The van der Waals surface area contributed by atoms with Crippen LogP contribution in [0, 0.1) is 6.92 Å². The third-order valence-corrected chi connectivity index (χ3v) is 3.23. The van der Waals surface area contributed by atoms with Gasteiger partial charge in [0.15, 0.2) is 0 Å². The van der Waals surface area contributed by atoms with Gasteiger partial charge in [0.1, 0.15) is 11.5 Å². The number of likely N-dealkylation sites (tertiary alicyclic amines) is 1. The lowest BCUT2D eigenvalue weighted by atomic mass is 10.1. The van der Waals surface area contributed by atoms with Crippen LogP contribution in [0.1, 0.15) is 24.5 Å². The third kappa shape index (κ3) is 2.52. The summed E-state index contributed by atoms with van der Waals surface area (Å²) in [6, 6.07) is 3.57. The van der Waals surface area contributed by atoms with Crippen LogP contribution < -0.4 is 5.73 Å². The fraction of sp³-hybridized carbons (Fsp3) is 0.667. The van der Waals surface area contributed by atoms with Crippen LogP contribution in [0.25, 0.3) is 0 Å². The zero-order chi connectivity index (χ0) is 12.6. The second-order valence-electron chi connectivity index (χ2n) is 4.84. The van der Waals surface area contributed by atoms with E-state index in [1.807, 2.05) is 30.9 Å². The lowest BCUT2D eigenvalue weighted by Gasteiger charge is -2.28. The van der Waals surface area contributed by atoms with Gasteiger partial charge in [-0.1, -0.05) is 0 Å². The van der Waals surface area contributed by atoms with Crippen molar-refractivity contribution in [1.82, 2.24) is 4.90 Å². The number of β-amino-alcohol motifs (C(OH)–C–C–N with tert-alkyl or cyclic N) is 2. The molecule has 0 spiro atoms. The first-order valence-corrected chi connectivity index (χ1v) is 5.91. The second-order valence-corrected chi connectivity index (χ2v) is 4.84. The van der Waals surface area contributed by atoms with Crippen molar-refractivity contribution >= 4 is 0 Å². The molecule has 2 rings (SSSR count). The smallest absolute Gasteiger partial charge is 0.122 e. The van der Waals surface area contributed by atoms with Crippen LogP contribution in [-0.2, 0) is 0 Å². The topological polar surface area (TPSA) is 82.9 Å². The average molecular weight is 240 g/mol. The van der Waals surface area contributed by atoms with Gasteiger partial charge in [-0.15, -0.1) is 0 Å². The maximum absolute atomic E-state index is 9.59. The minimum Gasteiger partial charge on any atom is -0.465 e. The Balaban J connectivity index is 2.19. The van der Waals surface area contributed by atoms with E-state index in [-0.39, 0.29) is 12.1 Å². The normalized spacial score (nSPS) is 29.5. The number of nitrogens with zero attached hydrogens (tertiary/aromatic N) is 1. The Morgan fingerprint density at radius 1 is 1.35 bits per heavy atom. The van der Waals surface area contributed by atoms with Gasteiger partial charge < -0.3 is 20.4 Å². The molecule has 1 fully saturated rings. The molecule has 5 heteroatoms. The number of aliphatic hydroxyl groups is 2. The molecule has 0 aliphatic carbocycles. The van der Waals surface area contributed by atoms with Gasteiger partial charge in [0.25, 0.3) is 0 Å². The molecular weight excluding hydrogens is 220 g/mol. The van der Waals surface area contributed by atoms with Crippen molar-refractivity contribution in [2.45, 2.75) is 38.1 Å². The van der Waals surface area contributed by atoms with Gasteiger partial charge in [-0.05, 0) is 26.0 Å². The van der Waals surface area contributed by atoms with Crippen molar-refractivity contribution in [3.8, 4) is 0 Å². The Kier molecular flexibility index (Phi) is 3.53. The molecule has 96 valence electrons. The molecule has 0 aromatic carbocycles. The fourth-order valence-electron chi connectivity index (χ4n) is 2.41. The van der Waals surface area contributed by atoms with E-state index in [9.17, 15) is 10.2 Å². The molecular formula is C12H20N2O3. The Morgan fingerprint density at radius 3 is 2.35 bits per heavy atom. The number of nitrogens with two attached hydrogens (primary N) is 1. The number of aliphatic hydroxyl groups excluding tert-OH is 2. The Hall–Kier alpha value is -0.880. The van der Waals surface area contributed by atoms with Crippen LogP contribution >= 0.6 is 0 Å². The highest BCUT2D eigenvalue weighted by molar-refractivity contribution is 5.12. The van der Waals surface area contributed by atoms with Crippen LogP contribution in [0.2, 0.25) is 0 Å². The summed E-state index contributed by atoms with van der Waals surface area (Å²) in [5.41, 5.74) is 5.98. The summed E-state index contributed by atoms with van der Waals surface area (Å²) in [4.78, 5) is 1.97. The highest BCUT2D eigenvalue weighted by atomic mass is 16.3. The van der Waals surface area contributed by atoms with E-state index in [0.29, 0.717) is 13.1 Å². The molecule has 0 bridgehead atoms. The molecule has 1 saturated heterocycles. The van der Waals surface area contributed by atoms with Crippen LogP contribution in [0.5, 0.6) is 0 Å². The number of rotatable bonds is 3. The number of aryl methyl sites for hydroxylation is 1.